The maximum Gasteiger partial charge on any atom is 0.265 e. The van der Waals surface area contributed by atoms with E-state index in [2.05, 4.69) is 9.98 Å². The van der Waals surface area contributed by atoms with Gasteiger partial charge in [-0.3, -0.25) is 14.2 Å². The van der Waals surface area contributed by atoms with Gasteiger partial charge in [-0.25, -0.2) is 14.1 Å². The number of nitrogens with zero attached hydrogens (tertiary/aromatic N) is 5. The van der Waals surface area contributed by atoms with E-state index >= 15 is 0 Å². The number of benzene rings is 2. The average molecular weight is 436 g/mol. The van der Waals surface area contributed by atoms with Crippen molar-refractivity contribution >= 4 is 49.9 Å². The molecule has 33 heavy (non-hydrogen) atoms. The summed E-state index contributed by atoms with van der Waals surface area (Å²) in [5.74, 6) is -0.237. The van der Waals surface area contributed by atoms with Crippen LogP contribution in [-0.2, 0) is 13.6 Å². The smallest absolute Gasteiger partial charge is 0.265 e. The van der Waals surface area contributed by atoms with Crippen molar-refractivity contribution in [2.45, 2.75) is 13.0 Å². The summed E-state index contributed by atoms with van der Waals surface area (Å²) >= 11 is 0. The first-order chi connectivity index (χ1) is 16.1. The van der Waals surface area contributed by atoms with E-state index in [-0.39, 0.29) is 17.9 Å². The minimum absolute atomic E-state index is 0.195. The Kier molecular flexibility index (Phi) is 4.26. The molecule has 8 heteroatoms. The number of imidazole rings is 1. The van der Waals surface area contributed by atoms with Gasteiger partial charge in [0, 0.05) is 28.9 Å². The summed E-state index contributed by atoms with van der Waals surface area (Å²) in [6.07, 6.45) is 7.76. The second kappa shape index (κ2) is 7.30. The van der Waals surface area contributed by atoms with E-state index in [9.17, 15) is 9.90 Å². The minimum Gasteiger partial charge on any atom is -0.862 e. The average Bonchev–Trinajstić information content (AvgIpc) is 3.41. The van der Waals surface area contributed by atoms with Gasteiger partial charge >= 0.3 is 0 Å². The topological polar surface area (TPSA) is 94.4 Å². The molecule has 4 heterocycles. The number of aryl methyl sites for hydroxylation is 2. The standard InChI is InChI=1S/C25H20N6O2/c1-29-12-13-30(15-29)10-9-22(32)26-16-6-7-21-19(14-16)25(33)31-11-8-18-17-4-2-3-5-20(17)27-23(18)24(31)28-21/h2-8,11-15H,9-10H2,1H3,(H-,26,27,28,32,33). The number of H-pyrrole nitrogens is 1. The molecule has 0 amide bonds. The Balaban J connectivity index is 1.42. The summed E-state index contributed by atoms with van der Waals surface area (Å²) in [6.45, 7) is 0.548. The van der Waals surface area contributed by atoms with Crippen LogP contribution in [0.1, 0.15) is 6.42 Å². The Labute approximate surface area is 187 Å². The van der Waals surface area contributed by atoms with Gasteiger partial charge in [0.1, 0.15) is 12.4 Å². The van der Waals surface area contributed by atoms with Gasteiger partial charge in [-0.05, 0) is 36.2 Å². The number of rotatable bonds is 4. The lowest BCUT2D eigenvalue weighted by Gasteiger charge is -2.10. The summed E-state index contributed by atoms with van der Waals surface area (Å²) in [6, 6.07) is 15.1. The Morgan fingerprint density at radius 3 is 2.85 bits per heavy atom. The summed E-state index contributed by atoms with van der Waals surface area (Å²) in [7, 11) is 1.93. The molecule has 0 aliphatic carbocycles. The number of hydrogen-bond donors (Lipinski definition) is 1. The lowest BCUT2D eigenvalue weighted by molar-refractivity contribution is -0.671. The highest BCUT2D eigenvalue weighted by Gasteiger charge is 2.12. The molecule has 1 N–H and O–H groups in total. The molecule has 6 aromatic rings. The molecular formula is C25H20N6O2. The predicted molar refractivity (Wildman–Crippen MR) is 126 cm³/mol. The van der Waals surface area contributed by atoms with Crippen LogP contribution >= 0.6 is 0 Å². The molecule has 0 unspecified atom stereocenters. The quantitative estimate of drug-likeness (QED) is 0.199. The highest BCUT2D eigenvalue weighted by molar-refractivity contribution is 6.11. The van der Waals surface area contributed by atoms with Gasteiger partial charge in [0.2, 0.25) is 6.33 Å². The van der Waals surface area contributed by atoms with E-state index in [0.717, 1.165) is 21.8 Å². The molecule has 0 bridgehead atoms. The summed E-state index contributed by atoms with van der Waals surface area (Å²) in [4.78, 5) is 25.6. The number of nitrogens with one attached hydrogen (secondary N) is 1. The van der Waals surface area contributed by atoms with Crippen LogP contribution in [0, 0.1) is 0 Å². The van der Waals surface area contributed by atoms with Gasteiger partial charge in [0.15, 0.2) is 5.65 Å². The fourth-order valence-corrected chi connectivity index (χ4v) is 4.29. The fraction of sp³-hybridized carbons (Fsp3) is 0.120. The molecule has 0 saturated heterocycles. The third-order valence-electron chi connectivity index (χ3n) is 5.91. The van der Waals surface area contributed by atoms with Crippen LogP contribution in [0.4, 0.5) is 5.69 Å². The first-order valence-electron chi connectivity index (χ1n) is 10.7. The summed E-state index contributed by atoms with van der Waals surface area (Å²) in [5.41, 5.74) is 3.21. The molecule has 0 aliphatic heterocycles. The Hall–Kier alpha value is -4.46. The minimum atomic E-state index is -0.237. The second-order valence-electron chi connectivity index (χ2n) is 8.16. The van der Waals surface area contributed by atoms with Crippen molar-refractivity contribution in [2.75, 3.05) is 0 Å². The van der Waals surface area contributed by atoms with Crippen LogP contribution in [0.25, 0.3) is 38.4 Å². The molecule has 0 fully saturated rings. The molecule has 6 rings (SSSR count). The van der Waals surface area contributed by atoms with Gasteiger partial charge < -0.3 is 10.1 Å². The van der Waals surface area contributed by atoms with E-state index in [0.29, 0.717) is 28.8 Å². The van der Waals surface area contributed by atoms with Gasteiger partial charge in [0.25, 0.3) is 5.56 Å². The Morgan fingerprint density at radius 1 is 1.12 bits per heavy atom. The van der Waals surface area contributed by atoms with Crippen LogP contribution < -0.4 is 15.2 Å². The third kappa shape index (κ3) is 3.23. The van der Waals surface area contributed by atoms with Crippen molar-refractivity contribution in [1.82, 2.24) is 18.9 Å². The molecule has 0 saturated carbocycles. The van der Waals surface area contributed by atoms with Gasteiger partial charge in [-0.1, -0.05) is 18.2 Å². The molecular weight excluding hydrogens is 416 g/mol. The van der Waals surface area contributed by atoms with Crippen molar-refractivity contribution < 1.29 is 9.67 Å². The number of pyridine rings is 1. The van der Waals surface area contributed by atoms with Crippen molar-refractivity contribution in [3.05, 3.63) is 83.8 Å². The lowest BCUT2D eigenvalue weighted by Crippen LogP contribution is -2.24. The Bertz CT molecular complexity index is 1770. The maximum atomic E-state index is 13.3. The molecule has 0 aliphatic rings. The highest BCUT2D eigenvalue weighted by atomic mass is 16.3. The number of fused-ring (bicyclic) bond motifs is 6. The van der Waals surface area contributed by atoms with Crippen molar-refractivity contribution in [3.8, 4) is 0 Å². The SMILES string of the molecule is C[n+]1ccn(CCC([O-])=Nc2ccc3nc4c5[nH]c6ccccc6c5ccn4c(=O)c3c2)c1. The van der Waals surface area contributed by atoms with Gasteiger partial charge in [-0.2, -0.15) is 0 Å². The zero-order valence-corrected chi connectivity index (χ0v) is 17.9. The van der Waals surface area contributed by atoms with E-state index in [1.165, 1.54) is 4.40 Å². The molecule has 162 valence electrons. The second-order valence-corrected chi connectivity index (χ2v) is 8.16. The largest absolute Gasteiger partial charge is 0.862 e. The normalized spacial score (nSPS) is 12.5. The van der Waals surface area contributed by atoms with Crippen LogP contribution in [0.2, 0.25) is 0 Å². The number of aromatic nitrogens is 5. The van der Waals surface area contributed by atoms with E-state index in [1.54, 1.807) is 24.4 Å². The number of aliphatic imine (C=N–C) groups is 1. The first-order valence-corrected chi connectivity index (χ1v) is 10.7. The first kappa shape index (κ1) is 19.2. The van der Waals surface area contributed by atoms with E-state index in [4.69, 9.17) is 4.98 Å². The van der Waals surface area contributed by atoms with Crippen molar-refractivity contribution in [1.29, 1.82) is 0 Å². The zero-order chi connectivity index (χ0) is 22.5. The van der Waals surface area contributed by atoms with Gasteiger partial charge in [-0.15, -0.1) is 0 Å². The fourth-order valence-electron chi connectivity index (χ4n) is 4.29. The monoisotopic (exact) mass is 436 g/mol. The maximum absolute atomic E-state index is 13.3. The molecule has 0 spiro atoms. The van der Waals surface area contributed by atoms with Crippen molar-refractivity contribution in [2.24, 2.45) is 12.0 Å². The molecule has 8 nitrogen and oxygen atoms in total. The number of aromatic amines is 1. The van der Waals surface area contributed by atoms with Crippen LogP contribution in [-0.4, -0.2) is 24.8 Å². The molecule has 0 atom stereocenters. The molecule has 4 aromatic heterocycles. The van der Waals surface area contributed by atoms with Crippen molar-refractivity contribution in [3.63, 3.8) is 0 Å². The molecule has 2 aromatic carbocycles. The Morgan fingerprint density at radius 2 is 2.00 bits per heavy atom. The number of para-hydroxylation sites is 1. The lowest BCUT2D eigenvalue weighted by atomic mass is 10.2. The number of hydrogen-bond acceptors (Lipinski definition) is 4. The van der Waals surface area contributed by atoms with Crippen LogP contribution in [0.5, 0.6) is 0 Å². The van der Waals surface area contributed by atoms with E-state index in [1.807, 2.05) is 65.2 Å². The highest BCUT2D eigenvalue weighted by Crippen LogP contribution is 2.28. The summed E-state index contributed by atoms with van der Waals surface area (Å²) < 4.78 is 5.39. The summed E-state index contributed by atoms with van der Waals surface area (Å²) in [5, 5.41) is 14.9. The van der Waals surface area contributed by atoms with E-state index < -0.39 is 0 Å². The zero-order valence-electron chi connectivity index (χ0n) is 17.9. The predicted octanol–water partition coefficient (Wildman–Crippen LogP) is 2.59. The van der Waals surface area contributed by atoms with Crippen LogP contribution in [0.3, 0.4) is 0 Å². The molecule has 0 radical (unpaired) electrons. The third-order valence-corrected chi connectivity index (χ3v) is 5.91. The van der Waals surface area contributed by atoms with Crippen LogP contribution in [0.15, 0.2) is 83.2 Å². The van der Waals surface area contributed by atoms with Gasteiger partial charge in [0.05, 0.1) is 35.7 Å².